The Labute approximate surface area is 106 Å². The highest BCUT2D eigenvalue weighted by Gasteiger charge is 2.30. The molecule has 1 aromatic rings. The highest BCUT2D eigenvalue weighted by molar-refractivity contribution is 5.38. The molecule has 0 saturated heterocycles. The SMILES string of the molecule is CCCNC1CC(CC(C)C)c2ccccc21. The largest absolute Gasteiger partial charge is 0.310 e. The number of nitrogens with one attached hydrogen (secondary N) is 1. The van der Waals surface area contributed by atoms with Crippen LogP contribution < -0.4 is 5.32 Å². The second kappa shape index (κ2) is 5.68. The number of rotatable bonds is 5. The van der Waals surface area contributed by atoms with Crippen LogP contribution in [0.4, 0.5) is 0 Å². The van der Waals surface area contributed by atoms with Gasteiger partial charge in [-0.3, -0.25) is 0 Å². The van der Waals surface area contributed by atoms with Crippen LogP contribution in [0, 0.1) is 5.92 Å². The Morgan fingerprint density at radius 2 is 1.94 bits per heavy atom. The van der Waals surface area contributed by atoms with Gasteiger partial charge in [-0.1, -0.05) is 45.0 Å². The van der Waals surface area contributed by atoms with Gasteiger partial charge >= 0.3 is 0 Å². The van der Waals surface area contributed by atoms with Crippen molar-refractivity contribution in [3.05, 3.63) is 35.4 Å². The van der Waals surface area contributed by atoms with Crippen LogP contribution in [0.2, 0.25) is 0 Å². The van der Waals surface area contributed by atoms with Crippen LogP contribution in [0.1, 0.15) is 63.1 Å². The summed E-state index contributed by atoms with van der Waals surface area (Å²) in [7, 11) is 0. The minimum Gasteiger partial charge on any atom is -0.310 e. The van der Waals surface area contributed by atoms with Gasteiger partial charge in [-0.15, -0.1) is 0 Å². The Morgan fingerprint density at radius 1 is 1.24 bits per heavy atom. The van der Waals surface area contributed by atoms with Crippen LogP contribution in [0.25, 0.3) is 0 Å². The Hall–Kier alpha value is -0.820. The molecule has 0 aromatic heterocycles. The zero-order valence-corrected chi connectivity index (χ0v) is 11.4. The predicted molar refractivity (Wildman–Crippen MR) is 74.3 cm³/mol. The first-order valence-electron chi connectivity index (χ1n) is 7.04. The molecule has 2 unspecified atom stereocenters. The molecule has 0 spiro atoms. The quantitative estimate of drug-likeness (QED) is 0.798. The van der Waals surface area contributed by atoms with Gasteiger partial charge < -0.3 is 5.32 Å². The zero-order valence-electron chi connectivity index (χ0n) is 11.4. The second-order valence-electron chi connectivity index (χ2n) is 5.70. The van der Waals surface area contributed by atoms with Crippen molar-refractivity contribution in [3.8, 4) is 0 Å². The molecule has 1 N–H and O–H groups in total. The first-order chi connectivity index (χ1) is 8.22. The molecule has 1 heteroatoms. The van der Waals surface area contributed by atoms with E-state index in [1.807, 2.05) is 0 Å². The highest BCUT2D eigenvalue weighted by Crippen LogP contribution is 2.43. The predicted octanol–water partition coefficient (Wildman–Crippen LogP) is 4.26. The molecule has 0 radical (unpaired) electrons. The molecule has 0 heterocycles. The van der Waals surface area contributed by atoms with E-state index in [1.165, 1.54) is 19.3 Å². The summed E-state index contributed by atoms with van der Waals surface area (Å²) < 4.78 is 0. The monoisotopic (exact) mass is 231 g/mol. The third kappa shape index (κ3) is 2.90. The molecule has 17 heavy (non-hydrogen) atoms. The van der Waals surface area contributed by atoms with Crippen molar-refractivity contribution >= 4 is 0 Å². The van der Waals surface area contributed by atoms with E-state index >= 15 is 0 Å². The lowest BCUT2D eigenvalue weighted by Crippen LogP contribution is -2.20. The van der Waals surface area contributed by atoms with E-state index in [9.17, 15) is 0 Å². The van der Waals surface area contributed by atoms with Gasteiger partial charge in [-0.05, 0) is 48.8 Å². The number of hydrogen-bond donors (Lipinski definition) is 1. The van der Waals surface area contributed by atoms with Gasteiger partial charge in [0.25, 0.3) is 0 Å². The molecule has 1 nitrogen and oxygen atoms in total. The summed E-state index contributed by atoms with van der Waals surface area (Å²) in [4.78, 5) is 0. The fraction of sp³-hybridized carbons (Fsp3) is 0.625. The minimum atomic E-state index is 0.592. The van der Waals surface area contributed by atoms with Crippen LogP contribution in [-0.4, -0.2) is 6.54 Å². The third-order valence-corrected chi connectivity index (χ3v) is 3.73. The van der Waals surface area contributed by atoms with Crippen LogP contribution in [0.3, 0.4) is 0 Å². The van der Waals surface area contributed by atoms with E-state index in [0.717, 1.165) is 18.4 Å². The Bertz CT molecular complexity index is 356. The lowest BCUT2D eigenvalue weighted by atomic mass is 9.92. The summed E-state index contributed by atoms with van der Waals surface area (Å²) in [6.45, 7) is 8.03. The Morgan fingerprint density at radius 3 is 2.59 bits per heavy atom. The van der Waals surface area contributed by atoms with Crippen molar-refractivity contribution < 1.29 is 0 Å². The summed E-state index contributed by atoms with van der Waals surface area (Å²) in [6, 6.07) is 9.60. The molecular weight excluding hydrogens is 206 g/mol. The number of fused-ring (bicyclic) bond motifs is 1. The van der Waals surface area contributed by atoms with Gasteiger partial charge in [0.15, 0.2) is 0 Å². The van der Waals surface area contributed by atoms with Crippen LogP contribution in [-0.2, 0) is 0 Å². The number of benzene rings is 1. The van der Waals surface area contributed by atoms with E-state index in [-0.39, 0.29) is 0 Å². The van der Waals surface area contributed by atoms with Crippen molar-refractivity contribution in [3.63, 3.8) is 0 Å². The van der Waals surface area contributed by atoms with E-state index in [1.54, 1.807) is 11.1 Å². The van der Waals surface area contributed by atoms with Gasteiger partial charge in [0.2, 0.25) is 0 Å². The maximum absolute atomic E-state index is 3.69. The van der Waals surface area contributed by atoms with E-state index < -0.39 is 0 Å². The lowest BCUT2D eigenvalue weighted by Gasteiger charge is -2.15. The molecule has 0 fully saturated rings. The van der Waals surface area contributed by atoms with Crippen LogP contribution in [0.15, 0.2) is 24.3 Å². The lowest BCUT2D eigenvalue weighted by molar-refractivity contribution is 0.440. The van der Waals surface area contributed by atoms with Crippen molar-refractivity contribution in [1.82, 2.24) is 5.32 Å². The fourth-order valence-electron chi connectivity index (χ4n) is 3.04. The Kier molecular flexibility index (Phi) is 4.22. The highest BCUT2D eigenvalue weighted by atomic mass is 14.9. The molecule has 1 aliphatic rings. The topological polar surface area (TPSA) is 12.0 Å². The smallest absolute Gasteiger partial charge is 0.0328 e. The average Bonchev–Trinajstić information content (AvgIpc) is 2.65. The van der Waals surface area contributed by atoms with Gasteiger partial charge in [0.05, 0.1) is 0 Å². The van der Waals surface area contributed by atoms with Crippen molar-refractivity contribution in [2.75, 3.05) is 6.54 Å². The maximum Gasteiger partial charge on any atom is 0.0328 e. The van der Waals surface area contributed by atoms with Crippen molar-refractivity contribution in [2.45, 2.75) is 52.0 Å². The maximum atomic E-state index is 3.69. The normalized spacial score (nSPS) is 23.1. The molecular formula is C16H25N. The molecule has 1 aromatic carbocycles. The van der Waals surface area contributed by atoms with Crippen LogP contribution in [0.5, 0.6) is 0 Å². The first kappa shape index (κ1) is 12.6. The molecule has 94 valence electrons. The third-order valence-electron chi connectivity index (χ3n) is 3.73. The molecule has 0 amide bonds. The molecule has 0 saturated carbocycles. The van der Waals surface area contributed by atoms with Crippen molar-refractivity contribution in [1.29, 1.82) is 0 Å². The van der Waals surface area contributed by atoms with Gasteiger partial charge in [0, 0.05) is 6.04 Å². The summed E-state index contributed by atoms with van der Waals surface area (Å²) in [5.74, 6) is 1.55. The summed E-state index contributed by atoms with van der Waals surface area (Å²) >= 11 is 0. The first-order valence-corrected chi connectivity index (χ1v) is 7.04. The van der Waals surface area contributed by atoms with Crippen molar-refractivity contribution in [2.24, 2.45) is 5.92 Å². The van der Waals surface area contributed by atoms with E-state index in [4.69, 9.17) is 0 Å². The zero-order chi connectivity index (χ0) is 12.3. The minimum absolute atomic E-state index is 0.592. The molecule has 1 aliphatic carbocycles. The standard InChI is InChI=1S/C16H25N/c1-4-9-17-16-11-13(10-12(2)3)14-7-5-6-8-15(14)16/h5-8,12-13,16-17H,4,9-11H2,1-3H3. The molecule has 2 atom stereocenters. The summed E-state index contributed by atoms with van der Waals surface area (Å²) in [5, 5.41) is 3.69. The summed E-state index contributed by atoms with van der Waals surface area (Å²) in [6.07, 6.45) is 3.83. The van der Waals surface area contributed by atoms with Gasteiger partial charge in [-0.2, -0.15) is 0 Å². The number of hydrogen-bond acceptors (Lipinski definition) is 1. The van der Waals surface area contributed by atoms with Gasteiger partial charge in [-0.25, -0.2) is 0 Å². The fourth-order valence-corrected chi connectivity index (χ4v) is 3.04. The molecule has 0 bridgehead atoms. The summed E-state index contributed by atoms with van der Waals surface area (Å²) in [5.41, 5.74) is 3.14. The second-order valence-corrected chi connectivity index (χ2v) is 5.70. The molecule has 2 rings (SSSR count). The van der Waals surface area contributed by atoms with E-state index in [0.29, 0.717) is 6.04 Å². The van der Waals surface area contributed by atoms with E-state index in [2.05, 4.69) is 50.4 Å². The van der Waals surface area contributed by atoms with Crippen LogP contribution >= 0.6 is 0 Å². The van der Waals surface area contributed by atoms with Gasteiger partial charge in [0.1, 0.15) is 0 Å². The molecule has 0 aliphatic heterocycles. The average molecular weight is 231 g/mol. The Balaban J connectivity index is 2.14.